The molecule has 0 saturated heterocycles. The van der Waals surface area contributed by atoms with Crippen molar-refractivity contribution in [3.63, 3.8) is 0 Å². The molecule has 1 aliphatic rings. The van der Waals surface area contributed by atoms with E-state index in [1.807, 2.05) is 18.2 Å². The summed E-state index contributed by atoms with van der Waals surface area (Å²) in [6.45, 7) is 4.15. The number of nitrogens with zero attached hydrogens (tertiary/aromatic N) is 1. The summed E-state index contributed by atoms with van der Waals surface area (Å²) < 4.78 is 0. The fraction of sp³-hybridized carbons (Fsp3) is 0.364. The van der Waals surface area contributed by atoms with Gasteiger partial charge in [-0.15, -0.1) is 0 Å². The summed E-state index contributed by atoms with van der Waals surface area (Å²) in [5.74, 6) is 0. The molecule has 1 N–H and O–H groups in total. The summed E-state index contributed by atoms with van der Waals surface area (Å²) in [7, 11) is 0. The van der Waals surface area contributed by atoms with Gasteiger partial charge in [0.25, 0.3) is 0 Å². The average molecular weight is 256 g/mol. The van der Waals surface area contributed by atoms with Gasteiger partial charge >= 0.3 is 0 Å². The molecule has 0 heterocycles. The van der Waals surface area contributed by atoms with E-state index >= 15 is 0 Å². The Hall–Kier alpha value is -0.830. The molecule has 0 fully saturated rings. The van der Waals surface area contributed by atoms with Crippen LogP contribution in [0.5, 0.6) is 0 Å². The first-order chi connectivity index (χ1) is 6.72. The Balaban J connectivity index is 3.08. The highest BCUT2D eigenvalue weighted by Gasteiger charge is 2.10. The number of rotatable bonds is 2. The second-order valence-corrected chi connectivity index (χ2v) is 3.78. The predicted octanol–water partition coefficient (Wildman–Crippen LogP) is 3.43. The Bertz CT molecular complexity index is 337. The normalized spacial score (nSPS) is 22.5. The maximum Gasteiger partial charge on any atom is 0.110 e. The molecule has 0 unspecified atom stereocenters. The minimum absolute atomic E-state index is 0.654. The summed E-state index contributed by atoms with van der Waals surface area (Å²) in [6.07, 6.45) is 6.90. The van der Waals surface area contributed by atoms with Crippen molar-refractivity contribution in [1.29, 1.82) is 0 Å². The highest BCUT2D eigenvalue weighted by molar-refractivity contribution is 9.09. The molecule has 14 heavy (non-hydrogen) atoms. The van der Waals surface area contributed by atoms with Crippen LogP contribution in [0, 0.1) is 0 Å². The zero-order valence-corrected chi connectivity index (χ0v) is 10.0. The molecule has 0 aliphatic heterocycles. The molecule has 2 nitrogen and oxygen atoms in total. The molecule has 0 atom stereocenters. The van der Waals surface area contributed by atoms with Gasteiger partial charge in [-0.1, -0.05) is 45.7 Å². The number of hydrogen-bond acceptors (Lipinski definition) is 2. The van der Waals surface area contributed by atoms with Gasteiger partial charge in [-0.05, 0) is 25.0 Å². The zero-order chi connectivity index (χ0) is 10.6. The van der Waals surface area contributed by atoms with Crippen molar-refractivity contribution in [3.05, 3.63) is 34.9 Å². The van der Waals surface area contributed by atoms with Crippen molar-refractivity contribution < 1.29 is 5.21 Å². The summed E-state index contributed by atoms with van der Waals surface area (Å²) >= 11 is 3.37. The van der Waals surface area contributed by atoms with Crippen LogP contribution in [0.4, 0.5) is 0 Å². The van der Waals surface area contributed by atoms with Crippen LogP contribution in [0.3, 0.4) is 0 Å². The maximum atomic E-state index is 8.88. The first-order valence-corrected chi connectivity index (χ1v) is 5.71. The molecule has 0 saturated carbocycles. The molecule has 0 aromatic heterocycles. The summed E-state index contributed by atoms with van der Waals surface area (Å²) in [5, 5.41) is 13.0. The standard InChI is InChI=1S/C11H14BrNO/c1-3-8(2)10-5-4-9(7-12)6-11(10)13-14/h4-6,14H,3,7H2,1-2H3/b10-8+,13-11-. The minimum atomic E-state index is 0.654. The van der Waals surface area contributed by atoms with E-state index in [0.29, 0.717) is 5.71 Å². The first kappa shape index (κ1) is 11.2. The van der Waals surface area contributed by atoms with Gasteiger partial charge in [-0.3, -0.25) is 0 Å². The van der Waals surface area contributed by atoms with Crippen LogP contribution >= 0.6 is 15.9 Å². The Morgan fingerprint density at radius 1 is 1.50 bits per heavy atom. The molecule has 0 radical (unpaired) electrons. The van der Waals surface area contributed by atoms with Crippen LogP contribution in [-0.4, -0.2) is 16.2 Å². The lowest BCUT2D eigenvalue weighted by Gasteiger charge is -2.11. The Kier molecular flexibility index (Phi) is 4.14. The van der Waals surface area contributed by atoms with E-state index in [1.165, 1.54) is 5.57 Å². The molecule has 1 rings (SSSR count). The average Bonchev–Trinajstić information content (AvgIpc) is 2.27. The Morgan fingerprint density at radius 3 is 2.71 bits per heavy atom. The summed E-state index contributed by atoms with van der Waals surface area (Å²) in [5.41, 5.74) is 4.03. The molecular formula is C11H14BrNO. The summed E-state index contributed by atoms with van der Waals surface area (Å²) in [4.78, 5) is 0. The van der Waals surface area contributed by atoms with E-state index in [1.54, 1.807) is 0 Å². The molecule has 0 bridgehead atoms. The van der Waals surface area contributed by atoms with Crippen molar-refractivity contribution in [2.45, 2.75) is 20.3 Å². The van der Waals surface area contributed by atoms with E-state index < -0.39 is 0 Å². The zero-order valence-electron chi connectivity index (χ0n) is 8.42. The highest BCUT2D eigenvalue weighted by atomic mass is 79.9. The second kappa shape index (κ2) is 5.15. The van der Waals surface area contributed by atoms with Gasteiger partial charge in [-0.25, -0.2) is 0 Å². The minimum Gasteiger partial charge on any atom is -0.410 e. The number of halogens is 1. The Morgan fingerprint density at radius 2 is 2.21 bits per heavy atom. The number of oxime groups is 1. The van der Waals surface area contributed by atoms with Gasteiger partial charge < -0.3 is 5.21 Å². The lowest BCUT2D eigenvalue weighted by molar-refractivity contribution is 0.320. The molecule has 76 valence electrons. The fourth-order valence-electron chi connectivity index (χ4n) is 1.29. The lowest BCUT2D eigenvalue weighted by atomic mass is 9.96. The highest BCUT2D eigenvalue weighted by Crippen LogP contribution is 2.19. The van der Waals surface area contributed by atoms with Crippen LogP contribution in [0.2, 0.25) is 0 Å². The van der Waals surface area contributed by atoms with Gasteiger partial charge in [0.05, 0.1) is 0 Å². The number of hydrogen-bond donors (Lipinski definition) is 1. The van der Waals surface area contributed by atoms with Gasteiger partial charge in [0.15, 0.2) is 0 Å². The maximum absolute atomic E-state index is 8.88. The topological polar surface area (TPSA) is 32.6 Å². The monoisotopic (exact) mass is 255 g/mol. The number of allylic oxidation sites excluding steroid dienone is 6. The second-order valence-electron chi connectivity index (χ2n) is 3.22. The van der Waals surface area contributed by atoms with Crippen LogP contribution in [0.15, 0.2) is 40.1 Å². The van der Waals surface area contributed by atoms with Crippen molar-refractivity contribution in [1.82, 2.24) is 0 Å². The SMILES string of the molecule is CC/C(C)=C1\C=CC(CBr)=C\C1=N\O. The molecule has 0 aromatic rings. The molecule has 1 aliphatic carbocycles. The smallest absolute Gasteiger partial charge is 0.110 e. The van der Waals surface area contributed by atoms with E-state index in [2.05, 4.69) is 34.9 Å². The van der Waals surface area contributed by atoms with Crippen LogP contribution in [-0.2, 0) is 0 Å². The molecular weight excluding hydrogens is 242 g/mol. The van der Waals surface area contributed by atoms with Crippen molar-refractivity contribution in [2.24, 2.45) is 5.16 Å². The fourth-order valence-corrected chi connectivity index (χ4v) is 1.64. The summed E-state index contributed by atoms with van der Waals surface area (Å²) in [6, 6.07) is 0. The van der Waals surface area contributed by atoms with Crippen molar-refractivity contribution >= 4 is 21.6 Å². The number of alkyl halides is 1. The van der Waals surface area contributed by atoms with E-state index in [4.69, 9.17) is 5.21 Å². The quantitative estimate of drug-likeness (QED) is 0.458. The van der Waals surface area contributed by atoms with Crippen LogP contribution in [0.25, 0.3) is 0 Å². The third-order valence-electron chi connectivity index (χ3n) is 2.31. The third kappa shape index (κ3) is 2.35. The first-order valence-electron chi connectivity index (χ1n) is 4.59. The lowest BCUT2D eigenvalue weighted by Crippen LogP contribution is -2.05. The molecule has 0 spiro atoms. The predicted molar refractivity (Wildman–Crippen MR) is 63.2 cm³/mol. The molecule has 0 aromatic carbocycles. The largest absolute Gasteiger partial charge is 0.410 e. The molecule has 0 amide bonds. The van der Waals surface area contributed by atoms with Crippen molar-refractivity contribution in [2.75, 3.05) is 5.33 Å². The molecule has 3 heteroatoms. The van der Waals surface area contributed by atoms with Gasteiger partial charge in [0.1, 0.15) is 5.71 Å². The van der Waals surface area contributed by atoms with Crippen molar-refractivity contribution in [3.8, 4) is 0 Å². The van der Waals surface area contributed by atoms with E-state index in [0.717, 1.165) is 22.9 Å². The third-order valence-corrected chi connectivity index (χ3v) is 2.96. The van der Waals surface area contributed by atoms with Crippen LogP contribution < -0.4 is 0 Å². The van der Waals surface area contributed by atoms with Gasteiger partial charge in [0.2, 0.25) is 0 Å². The van der Waals surface area contributed by atoms with Gasteiger partial charge in [-0.2, -0.15) is 0 Å². The van der Waals surface area contributed by atoms with Gasteiger partial charge in [0, 0.05) is 10.9 Å². The van der Waals surface area contributed by atoms with Crippen LogP contribution in [0.1, 0.15) is 20.3 Å². The Labute approximate surface area is 92.8 Å². The van der Waals surface area contributed by atoms with E-state index in [-0.39, 0.29) is 0 Å². The van der Waals surface area contributed by atoms with E-state index in [9.17, 15) is 0 Å².